The zero-order valence-electron chi connectivity index (χ0n) is 14.5. The molecule has 2 rings (SSSR count). The highest BCUT2D eigenvalue weighted by Crippen LogP contribution is 2.16. The second kappa shape index (κ2) is 10.1. The molecule has 2 amide bonds. The molecular formula is C19H21FN2O4. The van der Waals surface area contributed by atoms with Crippen LogP contribution in [0.3, 0.4) is 0 Å². The van der Waals surface area contributed by atoms with Crippen LogP contribution in [0.25, 0.3) is 0 Å². The molecule has 0 radical (unpaired) electrons. The van der Waals surface area contributed by atoms with Crippen LogP contribution in [0, 0.1) is 5.82 Å². The number of benzene rings is 2. The van der Waals surface area contributed by atoms with E-state index in [1.165, 1.54) is 19.2 Å². The van der Waals surface area contributed by atoms with Gasteiger partial charge in [0.15, 0.2) is 0 Å². The summed E-state index contributed by atoms with van der Waals surface area (Å²) >= 11 is 0. The van der Waals surface area contributed by atoms with Gasteiger partial charge in [-0.05, 0) is 42.3 Å². The van der Waals surface area contributed by atoms with E-state index < -0.39 is 6.09 Å². The topological polar surface area (TPSA) is 76.7 Å². The number of anilines is 2. The van der Waals surface area contributed by atoms with E-state index in [0.29, 0.717) is 24.4 Å². The molecule has 0 aliphatic heterocycles. The number of amides is 2. The Labute approximate surface area is 151 Å². The van der Waals surface area contributed by atoms with E-state index in [-0.39, 0.29) is 24.8 Å². The lowest BCUT2D eigenvalue weighted by Crippen LogP contribution is -2.17. The van der Waals surface area contributed by atoms with Crippen LogP contribution in [-0.4, -0.2) is 32.3 Å². The summed E-state index contributed by atoms with van der Waals surface area (Å²) in [5.74, 6) is -0.520. The van der Waals surface area contributed by atoms with Crippen molar-refractivity contribution in [3.05, 3.63) is 59.9 Å². The maximum absolute atomic E-state index is 13.1. The van der Waals surface area contributed by atoms with Gasteiger partial charge < -0.3 is 14.8 Å². The molecule has 0 bridgehead atoms. The van der Waals surface area contributed by atoms with Crippen molar-refractivity contribution in [1.82, 2.24) is 0 Å². The molecule has 0 aromatic heterocycles. The van der Waals surface area contributed by atoms with E-state index in [9.17, 15) is 14.0 Å². The van der Waals surface area contributed by atoms with E-state index in [1.54, 1.807) is 36.4 Å². The molecule has 2 aromatic carbocycles. The van der Waals surface area contributed by atoms with Crippen molar-refractivity contribution < 1.29 is 23.5 Å². The second-order valence-electron chi connectivity index (χ2n) is 5.51. The van der Waals surface area contributed by atoms with Crippen molar-refractivity contribution in [3.63, 3.8) is 0 Å². The fourth-order valence-electron chi connectivity index (χ4n) is 2.22. The summed E-state index contributed by atoms with van der Waals surface area (Å²) in [6.07, 6.45) is 0.0599. The summed E-state index contributed by atoms with van der Waals surface area (Å²) in [7, 11) is 1.52. The summed E-state index contributed by atoms with van der Waals surface area (Å²) in [4.78, 5) is 23.6. The number of ether oxygens (including phenoxy) is 2. The highest BCUT2D eigenvalue weighted by atomic mass is 19.1. The van der Waals surface area contributed by atoms with Gasteiger partial charge in [-0.2, -0.15) is 0 Å². The van der Waals surface area contributed by atoms with Crippen LogP contribution in [0.4, 0.5) is 20.6 Å². The first kappa shape index (κ1) is 19.4. The third-order valence-corrected chi connectivity index (χ3v) is 3.44. The zero-order chi connectivity index (χ0) is 18.8. The molecule has 138 valence electrons. The van der Waals surface area contributed by atoms with E-state index in [1.807, 2.05) is 0 Å². The zero-order valence-corrected chi connectivity index (χ0v) is 14.5. The minimum Gasteiger partial charge on any atom is -0.447 e. The van der Waals surface area contributed by atoms with Gasteiger partial charge in [0.25, 0.3) is 0 Å². The minimum absolute atomic E-state index is 0.152. The van der Waals surface area contributed by atoms with Crippen molar-refractivity contribution in [3.8, 4) is 0 Å². The van der Waals surface area contributed by atoms with Crippen LogP contribution in [0.1, 0.15) is 12.0 Å². The monoisotopic (exact) mass is 360 g/mol. The number of nitrogens with one attached hydrogen (secondary N) is 2. The summed E-state index contributed by atoms with van der Waals surface area (Å²) < 4.78 is 22.8. The molecule has 0 unspecified atom stereocenters. The maximum Gasteiger partial charge on any atom is 0.411 e. The number of halogens is 1. The third kappa shape index (κ3) is 6.90. The van der Waals surface area contributed by atoms with Crippen molar-refractivity contribution >= 4 is 23.4 Å². The molecule has 0 aliphatic carbocycles. The second-order valence-corrected chi connectivity index (χ2v) is 5.51. The van der Waals surface area contributed by atoms with Gasteiger partial charge in [-0.3, -0.25) is 10.1 Å². The van der Waals surface area contributed by atoms with Gasteiger partial charge in [0.1, 0.15) is 12.4 Å². The SMILES string of the molecule is COCCOC(=O)Nc1cccc(NC(=O)CCc2cccc(F)c2)c1. The number of carbonyl (C=O) groups is 2. The van der Waals surface area contributed by atoms with Gasteiger partial charge in [0, 0.05) is 24.9 Å². The quantitative estimate of drug-likeness (QED) is 0.706. The number of hydrogen-bond acceptors (Lipinski definition) is 4. The molecule has 7 heteroatoms. The standard InChI is InChI=1S/C19H21FN2O4/c1-25-10-11-26-19(24)22-17-7-3-6-16(13-17)21-18(23)9-8-14-4-2-5-15(20)12-14/h2-7,12-13H,8-11H2,1H3,(H,21,23)(H,22,24). The van der Waals surface area contributed by atoms with Crippen molar-refractivity contribution in [2.75, 3.05) is 31.0 Å². The van der Waals surface area contributed by atoms with Gasteiger partial charge in [-0.1, -0.05) is 18.2 Å². The third-order valence-electron chi connectivity index (χ3n) is 3.44. The summed E-state index contributed by atoms with van der Waals surface area (Å²) in [6.45, 7) is 0.466. The van der Waals surface area contributed by atoms with Gasteiger partial charge in [0.2, 0.25) is 5.91 Å². The van der Waals surface area contributed by atoms with Crippen LogP contribution < -0.4 is 10.6 Å². The fraction of sp³-hybridized carbons (Fsp3) is 0.263. The Morgan fingerprint density at radius 2 is 1.73 bits per heavy atom. The Morgan fingerprint density at radius 3 is 2.46 bits per heavy atom. The number of carbonyl (C=O) groups excluding carboxylic acids is 2. The van der Waals surface area contributed by atoms with Crippen LogP contribution >= 0.6 is 0 Å². The molecule has 0 spiro atoms. The van der Waals surface area contributed by atoms with E-state index in [2.05, 4.69) is 10.6 Å². The fourth-order valence-corrected chi connectivity index (χ4v) is 2.22. The molecule has 0 atom stereocenters. The number of aryl methyl sites for hydroxylation is 1. The molecule has 0 saturated heterocycles. The largest absolute Gasteiger partial charge is 0.447 e. The average Bonchev–Trinajstić information content (AvgIpc) is 2.60. The van der Waals surface area contributed by atoms with Gasteiger partial charge in [-0.15, -0.1) is 0 Å². The molecule has 6 nitrogen and oxygen atoms in total. The predicted octanol–water partition coefficient (Wildman–Crippen LogP) is 3.59. The Kier molecular flexibility index (Phi) is 7.57. The minimum atomic E-state index is -0.600. The normalized spacial score (nSPS) is 10.2. The van der Waals surface area contributed by atoms with Crippen molar-refractivity contribution in [2.24, 2.45) is 0 Å². The summed E-state index contributed by atoms with van der Waals surface area (Å²) in [5.41, 5.74) is 1.80. The van der Waals surface area contributed by atoms with E-state index in [0.717, 1.165) is 5.56 Å². The van der Waals surface area contributed by atoms with Crippen molar-refractivity contribution in [1.29, 1.82) is 0 Å². The van der Waals surface area contributed by atoms with Gasteiger partial charge >= 0.3 is 6.09 Å². The Balaban J connectivity index is 1.83. The molecule has 2 N–H and O–H groups in total. The molecule has 0 fully saturated rings. The van der Waals surface area contributed by atoms with Gasteiger partial charge in [0.05, 0.1) is 6.61 Å². The van der Waals surface area contributed by atoms with E-state index in [4.69, 9.17) is 9.47 Å². The van der Waals surface area contributed by atoms with E-state index >= 15 is 0 Å². The van der Waals surface area contributed by atoms with Crippen LogP contribution in [0.2, 0.25) is 0 Å². The number of rotatable bonds is 8. The Bertz CT molecular complexity index is 752. The van der Waals surface area contributed by atoms with Crippen LogP contribution in [0.15, 0.2) is 48.5 Å². The Hall–Kier alpha value is -2.93. The van der Waals surface area contributed by atoms with Gasteiger partial charge in [-0.25, -0.2) is 9.18 Å². The molecular weight excluding hydrogens is 339 g/mol. The van der Waals surface area contributed by atoms with Crippen molar-refractivity contribution in [2.45, 2.75) is 12.8 Å². The van der Waals surface area contributed by atoms with Crippen LogP contribution in [-0.2, 0) is 20.7 Å². The first-order valence-electron chi connectivity index (χ1n) is 8.14. The lowest BCUT2D eigenvalue weighted by molar-refractivity contribution is -0.116. The molecule has 0 saturated carbocycles. The number of methoxy groups -OCH3 is 1. The molecule has 2 aromatic rings. The Morgan fingerprint density at radius 1 is 1.00 bits per heavy atom. The predicted molar refractivity (Wildman–Crippen MR) is 96.6 cm³/mol. The lowest BCUT2D eigenvalue weighted by Gasteiger charge is -2.09. The molecule has 0 aliphatic rings. The lowest BCUT2D eigenvalue weighted by atomic mass is 10.1. The first-order chi connectivity index (χ1) is 12.6. The summed E-state index contributed by atoms with van der Waals surface area (Å²) in [6, 6.07) is 12.9. The van der Waals surface area contributed by atoms with Crippen LogP contribution in [0.5, 0.6) is 0 Å². The smallest absolute Gasteiger partial charge is 0.411 e. The average molecular weight is 360 g/mol. The maximum atomic E-state index is 13.1. The summed E-state index contributed by atoms with van der Waals surface area (Å²) in [5, 5.41) is 5.32. The highest BCUT2D eigenvalue weighted by molar-refractivity contribution is 5.92. The highest BCUT2D eigenvalue weighted by Gasteiger charge is 2.07. The first-order valence-corrected chi connectivity index (χ1v) is 8.14. The number of hydrogen-bond donors (Lipinski definition) is 2. The molecule has 0 heterocycles. The molecule has 26 heavy (non-hydrogen) atoms.